The van der Waals surface area contributed by atoms with E-state index in [0.717, 1.165) is 17.9 Å². The van der Waals surface area contributed by atoms with Gasteiger partial charge in [0, 0.05) is 0 Å². The molecule has 0 radical (unpaired) electrons. The first-order valence-electron chi connectivity index (χ1n) is 5.76. The molecule has 0 aromatic rings. The molecule has 0 bridgehead atoms. The van der Waals surface area contributed by atoms with Crippen molar-refractivity contribution in [3.8, 4) is 0 Å². The molecule has 13 heavy (non-hydrogen) atoms. The third-order valence-electron chi connectivity index (χ3n) is 3.79. The molecule has 0 aromatic heterocycles. The Morgan fingerprint density at radius 1 is 1.31 bits per heavy atom. The highest BCUT2D eigenvalue weighted by Crippen LogP contribution is 2.51. The highest BCUT2D eigenvalue weighted by Gasteiger charge is 2.43. The Labute approximate surface area is 81.5 Å². The predicted octanol–water partition coefficient (Wildman–Crippen LogP) is 1.38. The van der Waals surface area contributed by atoms with Gasteiger partial charge in [-0.05, 0) is 63.2 Å². The van der Waals surface area contributed by atoms with Crippen molar-refractivity contribution in [2.45, 2.75) is 32.6 Å². The van der Waals surface area contributed by atoms with Crippen molar-refractivity contribution >= 4 is 0 Å². The van der Waals surface area contributed by atoms with Gasteiger partial charge >= 0.3 is 0 Å². The number of hydrogen-bond acceptors (Lipinski definition) is 2. The Morgan fingerprint density at radius 3 is 2.62 bits per heavy atom. The molecular weight excluding hydrogens is 160 g/mol. The first kappa shape index (κ1) is 9.47. The molecule has 2 heteroatoms. The van der Waals surface area contributed by atoms with Crippen LogP contribution in [-0.4, -0.2) is 26.2 Å². The van der Waals surface area contributed by atoms with Crippen LogP contribution < -0.4 is 10.6 Å². The van der Waals surface area contributed by atoms with Crippen molar-refractivity contribution < 1.29 is 0 Å². The second-order valence-electron chi connectivity index (χ2n) is 4.83. The molecule has 1 saturated carbocycles. The Kier molecular flexibility index (Phi) is 2.89. The summed E-state index contributed by atoms with van der Waals surface area (Å²) in [7, 11) is 0. The van der Waals surface area contributed by atoms with E-state index in [9.17, 15) is 0 Å². The van der Waals surface area contributed by atoms with Gasteiger partial charge in [0.25, 0.3) is 0 Å². The van der Waals surface area contributed by atoms with Crippen LogP contribution in [0.15, 0.2) is 0 Å². The summed E-state index contributed by atoms with van der Waals surface area (Å²) < 4.78 is 0. The zero-order chi connectivity index (χ0) is 9.15. The molecule has 2 nitrogen and oxygen atoms in total. The highest BCUT2D eigenvalue weighted by atomic mass is 14.9. The van der Waals surface area contributed by atoms with Crippen molar-refractivity contribution in [1.29, 1.82) is 0 Å². The Hall–Kier alpha value is -0.0800. The van der Waals surface area contributed by atoms with E-state index in [1.165, 1.54) is 45.3 Å². The van der Waals surface area contributed by atoms with Gasteiger partial charge in [-0.1, -0.05) is 6.92 Å². The van der Waals surface area contributed by atoms with Gasteiger partial charge in [0.15, 0.2) is 0 Å². The fourth-order valence-electron chi connectivity index (χ4n) is 3.02. The van der Waals surface area contributed by atoms with Crippen LogP contribution in [-0.2, 0) is 0 Å². The van der Waals surface area contributed by atoms with E-state index in [1.54, 1.807) is 0 Å². The largest absolute Gasteiger partial charge is 0.317 e. The smallest absolute Gasteiger partial charge is 0.00202 e. The second kappa shape index (κ2) is 3.97. The second-order valence-corrected chi connectivity index (χ2v) is 4.83. The van der Waals surface area contributed by atoms with Crippen molar-refractivity contribution in [2.75, 3.05) is 26.2 Å². The quantitative estimate of drug-likeness (QED) is 0.689. The topological polar surface area (TPSA) is 24.1 Å². The normalized spacial score (nSPS) is 27.5. The standard InChI is InChI=1S/C11H22N2/c1-2-12-9-10-7-11(8-10)3-5-13-6-4-11/h10,12-13H,2-9H2,1H3. The van der Waals surface area contributed by atoms with E-state index < -0.39 is 0 Å². The maximum atomic E-state index is 3.46. The van der Waals surface area contributed by atoms with Gasteiger partial charge in [0.2, 0.25) is 0 Å². The van der Waals surface area contributed by atoms with Gasteiger partial charge in [-0.25, -0.2) is 0 Å². The summed E-state index contributed by atoms with van der Waals surface area (Å²) in [4.78, 5) is 0. The van der Waals surface area contributed by atoms with Crippen molar-refractivity contribution in [3.05, 3.63) is 0 Å². The molecule has 1 saturated heterocycles. The summed E-state index contributed by atoms with van der Waals surface area (Å²) in [6.45, 7) is 7.09. The average molecular weight is 182 g/mol. The van der Waals surface area contributed by atoms with E-state index in [1.807, 2.05) is 0 Å². The molecule has 2 aliphatic rings. The van der Waals surface area contributed by atoms with Crippen molar-refractivity contribution in [3.63, 3.8) is 0 Å². The Bertz CT molecular complexity index is 153. The molecule has 1 aliphatic heterocycles. The minimum Gasteiger partial charge on any atom is -0.317 e. The lowest BCUT2D eigenvalue weighted by Gasteiger charge is -2.50. The van der Waals surface area contributed by atoms with Crippen LogP contribution in [0.2, 0.25) is 0 Å². The van der Waals surface area contributed by atoms with Gasteiger partial charge in [-0.15, -0.1) is 0 Å². The molecule has 1 heterocycles. The molecule has 1 spiro atoms. The molecule has 76 valence electrons. The van der Waals surface area contributed by atoms with Crippen molar-refractivity contribution in [1.82, 2.24) is 10.6 Å². The Morgan fingerprint density at radius 2 is 2.00 bits per heavy atom. The fraction of sp³-hybridized carbons (Fsp3) is 1.00. The summed E-state index contributed by atoms with van der Waals surface area (Å²) >= 11 is 0. The van der Waals surface area contributed by atoms with Crippen LogP contribution in [0.5, 0.6) is 0 Å². The number of piperidine rings is 1. The molecule has 0 atom stereocenters. The van der Waals surface area contributed by atoms with Crippen LogP contribution >= 0.6 is 0 Å². The third kappa shape index (κ3) is 2.05. The summed E-state index contributed by atoms with van der Waals surface area (Å²) in [6.07, 6.45) is 5.83. The number of rotatable bonds is 3. The van der Waals surface area contributed by atoms with Crippen LogP contribution in [0, 0.1) is 11.3 Å². The lowest BCUT2D eigenvalue weighted by Crippen LogP contribution is -2.47. The maximum Gasteiger partial charge on any atom is -0.00202 e. The maximum absolute atomic E-state index is 3.46. The van der Waals surface area contributed by atoms with E-state index in [4.69, 9.17) is 0 Å². The van der Waals surface area contributed by atoms with Crippen molar-refractivity contribution in [2.24, 2.45) is 11.3 Å². The molecule has 0 unspecified atom stereocenters. The molecule has 0 amide bonds. The minimum atomic E-state index is 0.769. The van der Waals surface area contributed by atoms with E-state index in [2.05, 4.69) is 17.6 Å². The van der Waals surface area contributed by atoms with Crippen LogP contribution in [0.1, 0.15) is 32.6 Å². The van der Waals surface area contributed by atoms with E-state index >= 15 is 0 Å². The zero-order valence-corrected chi connectivity index (χ0v) is 8.73. The van der Waals surface area contributed by atoms with E-state index in [-0.39, 0.29) is 0 Å². The predicted molar refractivity (Wildman–Crippen MR) is 55.8 cm³/mol. The summed E-state index contributed by atoms with van der Waals surface area (Å²) in [6, 6.07) is 0. The molecular formula is C11H22N2. The third-order valence-corrected chi connectivity index (χ3v) is 3.79. The minimum absolute atomic E-state index is 0.769. The lowest BCUT2D eigenvalue weighted by atomic mass is 9.58. The van der Waals surface area contributed by atoms with Gasteiger partial charge in [0.1, 0.15) is 0 Å². The summed E-state index contributed by atoms with van der Waals surface area (Å²) in [5, 5.41) is 6.91. The fourth-order valence-corrected chi connectivity index (χ4v) is 3.02. The van der Waals surface area contributed by atoms with Gasteiger partial charge in [-0.2, -0.15) is 0 Å². The molecule has 0 aromatic carbocycles. The van der Waals surface area contributed by atoms with E-state index in [0.29, 0.717) is 0 Å². The van der Waals surface area contributed by atoms with Gasteiger partial charge in [0.05, 0.1) is 0 Å². The Balaban J connectivity index is 1.69. The van der Waals surface area contributed by atoms with Gasteiger partial charge in [-0.3, -0.25) is 0 Å². The van der Waals surface area contributed by atoms with Crippen LogP contribution in [0.25, 0.3) is 0 Å². The zero-order valence-electron chi connectivity index (χ0n) is 8.73. The monoisotopic (exact) mass is 182 g/mol. The van der Waals surface area contributed by atoms with Crippen LogP contribution in [0.4, 0.5) is 0 Å². The van der Waals surface area contributed by atoms with Gasteiger partial charge < -0.3 is 10.6 Å². The summed E-state index contributed by atoms with van der Waals surface area (Å²) in [5.74, 6) is 0.984. The molecule has 2 rings (SSSR count). The average Bonchev–Trinajstić information content (AvgIpc) is 2.13. The molecule has 1 aliphatic carbocycles. The van der Waals surface area contributed by atoms with Crippen LogP contribution in [0.3, 0.4) is 0 Å². The number of nitrogens with one attached hydrogen (secondary N) is 2. The molecule has 2 N–H and O–H groups in total. The summed E-state index contributed by atoms with van der Waals surface area (Å²) in [5.41, 5.74) is 0.769. The lowest BCUT2D eigenvalue weighted by molar-refractivity contribution is 0.0224. The number of hydrogen-bond donors (Lipinski definition) is 2. The first-order valence-corrected chi connectivity index (χ1v) is 5.76. The first-order chi connectivity index (χ1) is 6.35. The highest BCUT2D eigenvalue weighted by molar-refractivity contribution is 4.96. The molecule has 2 fully saturated rings. The SMILES string of the molecule is CCNCC1CC2(CCNCC2)C1.